The van der Waals surface area contributed by atoms with E-state index in [-0.39, 0.29) is 12.5 Å². The minimum atomic E-state index is -0.578. The molecule has 8 heteroatoms. The van der Waals surface area contributed by atoms with Gasteiger partial charge in [-0.1, -0.05) is 6.07 Å². The first-order valence-corrected chi connectivity index (χ1v) is 9.18. The number of β-amino-alcohol motifs (C(OH)–C–C–N with tert-alkyl or cyclic N) is 1. The number of ether oxygens (including phenoxy) is 3. The maximum atomic E-state index is 11.4. The Bertz CT molecular complexity index is 593. The van der Waals surface area contributed by atoms with Gasteiger partial charge < -0.3 is 24.6 Å². The van der Waals surface area contributed by atoms with Crippen molar-refractivity contribution >= 4 is 5.91 Å². The highest BCUT2D eigenvalue weighted by atomic mass is 16.5. The second-order valence-corrected chi connectivity index (χ2v) is 6.71. The van der Waals surface area contributed by atoms with Gasteiger partial charge in [0.15, 0.2) is 11.5 Å². The van der Waals surface area contributed by atoms with Crippen molar-refractivity contribution in [2.45, 2.75) is 12.6 Å². The molecule has 1 aromatic rings. The Morgan fingerprint density at radius 1 is 1.37 bits per heavy atom. The first-order chi connectivity index (χ1) is 13.0. The zero-order chi connectivity index (χ0) is 19.6. The molecule has 1 saturated heterocycles. The molecule has 2 N–H and O–H groups in total. The first-order valence-electron chi connectivity index (χ1n) is 9.18. The molecule has 0 saturated carbocycles. The minimum Gasteiger partial charge on any atom is -0.493 e. The van der Waals surface area contributed by atoms with Crippen LogP contribution in [0, 0.1) is 0 Å². The van der Waals surface area contributed by atoms with E-state index in [0.717, 1.165) is 18.7 Å². The fourth-order valence-electron chi connectivity index (χ4n) is 2.94. The molecule has 152 valence electrons. The fourth-order valence-corrected chi connectivity index (χ4v) is 2.94. The van der Waals surface area contributed by atoms with Crippen LogP contribution in [0.25, 0.3) is 0 Å². The number of nitrogens with one attached hydrogen (secondary N) is 1. The number of carbonyl (C=O) groups is 1. The number of aliphatic hydroxyl groups excluding tert-OH is 1. The fraction of sp³-hybridized carbons (Fsp3) is 0.632. The lowest BCUT2D eigenvalue weighted by Gasteiger charge is -2.28. The van der Waals surface area contributed by atoms with Crippen LogP contribution in [-0.4, -0.2) is 94.1 Å². The van der Waals surface area contributed by atoms with E-state index in [0.29, 0.717) is 44.3 Å². The zero-order valence-corrected chi connectivity index (χ0v) is 16.4. The van der Waals surface area contributed by atoms with Gasteiger partial charge in [0, 0.05) is 33.2 Å². The van der Waals surface area contributed by atoms with Gasteiger partial charge in [0.25, 0.3) is 0 Å². The second-order valence-electron chi connectivity index (χ2n) is 6.71. The molecule has 0 bridgehead atoms. The highest BCUT2D eigenvalue weighted by Crippen LogP contribution is 2.28. The number of rotatable bonds is 10. The van der Waals surface area contributed by atoms with Crippen molar-refractivity contribution in [1.82, 2.24) is 15.1 Å². The standard InChI is InChI=1S/C19H31N3O5/c1-20-19(24)13-21(2)11-15-4-5-17(18(10-15)25-3)27-14-16(23)12-22-6-8-26-9-7-22/h4-5,10,16,23H,6-9,11-14H2,1-3H3,(H,20,24). The summed E-state index contributed by atoms with van der Waals surface area (Å²) in [6, 6.07) is 5.67. The summed E-state index contributed by atoms with van der Waals surface area (Å²) in [5.74, 6) is 1.18. The van der Waals surface area contributed by atoms with Gasteiger partial charge >= 0.3 is 0 Å². The van der Waals surface area contributed by atoms with Crippen LogP contribution >= 0.6 is 0 Å². The summed E-state index contributed by atoms with van der Waals surface area (Å²) in [4.78, 5) is 15.5. The third kappa shape index (κ3) is 7.34. The van der Waals surface area contributed by atoms with Crippen molar-refractivity contribution in [1.29, 1.82) is 0 Å². The summed E-state index contributed by atoms with van der Waals surface area (Å²) in [7, 11) is 5.09. The van der Waals surface area contributed by atoms with Crippen molar-refractivity contribution in [3.63, 3.8) is 0 Å². The smallest absolute Gasteiger partial charge is 0.233 e. The Morgan fingerprint density at radius 2 is 2.11 bits per heavy atom. The molecule has 1 amide bonds. The topological polar surface area (TPSA) is 83.5 Å². The largest absolute Gasteiger partial charge is 0.493 e. The molecule has 1 fully saturated rings. The first kappa shape index (κ1) is 21.4. The molecular formula is C19H31N3O5. The number of carbonyl (C=O) groups excluding carboxylic acids is 1. The number of methoxy groups -OCH3 is 1. The Labute approximate surface area is 161 Å². The Hall–Kier alpha value is -1.87. The SMILES string of the molecule is CNC(=O)CN(C)Cc1ccc(OCC(O)CN2CCOCC2)c(OC)c1. The van der Waals surface area contributed by atoms with Gasteiger partial charge in [0.1, 0.15) is 12.7 Å². The molecule has 2 rings (SSSR count). The average Bonchev–Trinajstić information content (AvgIpc) is 2.67. The van der Waals surface area contributed by atoms with E-state index in [1.807, 2.05) is 30.1 Å². The van der Waals surface area contributed by atoms with Gasteiger partial charge in [-0.05, 0) is 24.7 Å². The summed E-state index contributed by atoms with van der Waals surface area (Å²) in [6.07, 6.45) is -0.578. The van der Waals surface area contributed by atoms with Crippen molar-refractivity contribution in [2.24, 2.45) is 0 Å². The summed E-state index contributed by atoms with van der Waals surface area (Å²) < 4.78 is 16.5. The predicted molar refractivity (Wildman–Crippen MR) is 102 cm³/mol. The molecule has 1 aliphatic heterocycles. The van der Waals surface area contributed by atoms with Crippen LogP contribution < -0.4 is 14.8 Å². The van der Waals surface area contributed by atoms with Crippen molar-refractivity contribution in [3.05, 3.63) is 23.8 Å². The van der Waals surface area contributed by atoms with Gasteiger partial charge in [-0.25, -0.2) is 0 Å². The van der Waals surface area contributed by atoms with E-state index in [2.05, 4.69) is 10.2 Å². The zero-order valence-electron chi connectivity index (χ0n) is 16.4. The van der Waals surface area contributed by atoms with Gasteiger partial charge in [-0.3, -0.25) is 14.6 Å². The highest BCUT2D eigenvalue weighted by molar-refractivity contribution is 5.77. The van der Waals surface area contributed by atoms with Gasteiger partial charge in [0.05, 0.1) is 26.9 Å². The summed E-state index contributed by atoms with van der Waals surface area (Å²) >= 11 is 0. The summed E-state index contributed by atoms with van der Waals surface area (Å²) in [5, 5.41) is 12.8. The lowest BCUT2D eigenvalue weighted by Crippen LogP contribution is -2.42. The lowest BCUT2D eigenvalue weighted by atomic mass is 10.2. The van der Waals surface area contributed by atoms with Crippen LogP contribution in [0.1, 0.15) is 5.56 Å². The number of amides is 1. The van der Waals surface area contributed by atoms with Crippen molar-refractivity contribution < 1.29 is 24.1 Å². The normalized spacial score (nSPS) is 16.2. The molecule has 0 aliphatic carbocycles. The Kier molecular flexibility index (Phi) is 8.80. The Balaban J connectivity index is 1.86. The quantitative estimate of drug-likeness (QED) is 0.588. The molecule has 0 spiro atoms. The van der Waals surface area contributed by atoms with E-state index in [1.54, 1.807) is 14.2 Å². The van der Waals surface area contributed by atoms with E-state index >= 15 is 0 Å². The number of hydrogen-bond donors (Lipinski definition) is 2. The third-order valence-electron chi connectivity index (χ3n) is 4.38. The molecule has 1 aromatic carbocycles. The number of likely N-dealkylation sites (N-methyl/N-ethyl adjacent to an activating group) is 2. The predicted octanol–water partition coefficient (Wildman–Crippen LogP) is -0.0551. The van der Waals surface area contributed by atoms with Gasteiger partial charge in [-0.2, -0.15) is 0 Å². The maximum Gasteiger partial charge on any atom is 0.233 e. The number of hydrogen-bond acceptors (Lipinski definition) is 7. The molecule has 1 heterocycles. The van der Waals surface area contributed by atoms with Crippen molar-refractivity contribution in [2.75, 3.05) is 67.2 Å². The third-order valence-corrected chi connectivity index (χ3v) is 4.38. The molecular weight excluding hydrogens is 350 g/mol. The highest BCUT2D eigenvalue weighted by Gasteiger charge is 2.16. The number of aliphatic hydroxyl groups is 1. The second kappa shape index (κ2) is 11.1. The van der Waals surface area contributed by atoms with Crippen LogP contribution in [0.5, 0.6) is 11.5 Å². The van der Waals surface area contributed by atoms with E-state index < -0.39 is 6.10 Å². The Morgan fingerprint density at radius 3 is 2.78 bits per heavy atom. The van der Waals surface area contributed by atoms with Gasteiger partial charge in [0.2, 0.25) is 5.91 Å². The van der Waals surface area contributed by atoms with Crippen LogP contribution in [0.2, 0.25) is 0 Å². The van der Waals surface area contributed by atoms with E-state index in [1.165, 1.54) is 0 Å². The number of nitrogens with zero attached hydrogens (tertiary/aromatic N) is 2. The van der Waals surface area contributed by atoms with Crippen LogP contribution in [0.15, 0.2) is 18.2 Å². The van der Waals surface area contributed by atoms with Crippen LogP contribution in [-0.2, 0) is 16.1 Å². The van der Waals surface area contributed by atoms with Crippen molar-refractivity contribution in [3.8, 4) is 11.5 Å². The molecule has 1 aliphatic rings. The molecule has 1 unspecified atom stereocenters. The molecule has 1 atom stereocenters. The average molecular weight is 381 g/mol. The number of morpholine rings is 1. The molecule has 8 nitrogen and oxygen atoms in total. The van der Waals surface area contributed by atoms with Crippen LogP contribution in [0.4, 0.5) is 0 Å². The molecule has 0 aromatic heterocycles. The van der Waals surface area contributed by atoms with Crippen LogP contribution in [0.3, 0.4) is 0 Å². The summed E-state index contributed by atoms with van der Waals surface area (Å²) in [6.45, 7) is 4.78. The molecule has 27 heavy (non-hydrogen) atoms. The van der Waals surface area contributed by atoms with E-state index in [9.17, 15) is 9.90 Å². The minimum absolute atomic E-state index is 0.0290. The summed E-state index contributed by atoms with van der Waals surface area (Å²) in [5.41, 5.74) is 1.01. The van der Waals surface area contributed by atoms with Gasteiger partial charge in [-0.15, -0.1) is 0 Å². The number of benzene rings is 1. The molecule has 0 radical (unpaired) electrons. The van der Waals surface area contributed by atoms with E-state index in [4.69, 9.17) is 14.2 Å². The monoisotopic (exact) mass is 381 g/mol. The maximum absolute atomic E-state index is 11.4. The lowest BCUT2D eigenvalue weighted by molar-refractivity contribution is -0.121.